The molecule has 0 N–H and O–H groups in total. The molecule has 0 amide bonds. The summed E-state index contributed by atoms with van der Waals surface area (Å²) in [5.74, 6) is 0. The molecule has 0 atom stereocenters. The fourth-order valence-corrected chi connectivity index (χ4v) is 12.7. The Balaban J connectivity index is 0.00000112. The second kappa shape index (κ2) is 10.9. The normalized spacial score (nSPS) is 21.8. The van der Waals surface area contributed by atoms with Crippen molar-refractivity contribution in [2.24, 2.45) is 0 Å². The Morgan fingerprint density at radius 3 is 1.19 bits per heavy atom. The maximum atomic E-state index is 1.69. The van der Waals surface area contributed by atoms with E-state index in [0.29, 0.717) is 0 Å². The Hall–Kier alpha value is 2.00. The Labute approximate surface area is 131 Å². The third-order valence-corrected chi connectivity index (χ3v) is 14.2. The van der Waals surface area contributed by atoms with E-state index in [1.54, 1.807) is 70.4 Å². The zero-order chi connectivity index (χ0) is 9.64. The van der Waals surface area contributed by atoms with Gasteiger partial charge in [-0.3, -0.25) is 0 Å². The summed E-state index contributed by atoms with van der Waals surface area (Å²) in [6.45, 7) is 0. The SMILES string of the molecule is C1CC[Se+](CCCC[Se+]2CCCC2)C1.[Br-].[Br-]. The van der Waals surface area contributed by atoms with Crippen molar-refractivity contribution in [2.75, 3.05) is 0 Å². The zero-order valence-corrected chi connectivity index (χ0v) is 16.7. The predicted molar refractivity (Wildman–Crippen MR) is 68.1 cm³/mol. The van der Waals surface area contributed by atoms with E-state index in [4.69, 9.17) is 0 Å². The molecule has 0 aromatic carbocycles. The van der Waals surface area contributed by atoms with Crippen molar-refractivity contribution in [3.8, 4) is 0 Å². The molecule has 2 saturated heterocycles. The van der Waals surface area contributed by atoms with Crippen LogP contribution in [-0.2, 0) is 0 Å². The van der Waals surface area contributed by atoms with Crippen LogP contribution in [0.1, 0.15) is 38.5 Å². The Kier molecular flexibility index (Phi) is 12.2. The number of rotatable bonds is 5. The van der Waals surface area contributed by atoms with E-state index in [-0.39, 0.29) is 61.8 Å². The summed E-state index contributed by atoms with van der Waals surface area (Å²) in [4.78, 5) is 0. The number of hydrogen-bond acceptors (Lipinski definition) is 0. The third-order valence-electron chi connectivity index (χ3n) is 3.35. The van der Waals surface area contributed by atoms with Crippen LogP contribution in [0.4, 0.5) is 0 Å². The fourth-order valence-electron chi connectivity index (χ4n) is 2.45. The average Bonchev–Trinajstić information content (AvgIpc) is 2.86. The predicted octanol–water partition coefficient (Wildman–Crippen LogP) is -1.65. The molecule has 98 valence electrons. The van der Waals surface area contributed by atoms with E-state index < -0.39 is 0 Å². The van der Waals surface area contributed by atoms with Crippen molar-refractivity contribution < 1.29 is 34.0 Å². The van der Waals surface area contributed by atoms with Crippen LogP contribution in [0.5, 0.6) is 0 Å². The number of halogens is 2. The molecule has 0 nitrogen and oxygen atoms in total. The molecule has 2 aliphatic rings. The minimum atomic E-state index is -0.00527. The Morgan fingerprint density at radius 1 is 0.562 bits per heavy atom. The van der Waals surface area contributed by atoms with Crippen LogP contribution in [0.3, 0.4) is 0 Å². The van der Waals surface area contributed by atoms with Gasteiger partial charge in [0.1, 0.15) is 0 Å². The van der Waals surface area contributed by atoms with Crippen molar-refractivity contribution >= 4 is 27.8 Å². The van der Waals surface area contributed by atoms with E-state index in [9.17, 15) is 0 Å². The number of unbranched alkanes of at least 4 members (excludes halogenated alkanes) is 1. The van der Waals surface area contributed by atoms with Crippen LogP contribution in [0.25, 0.3) is 0 Å². The van der Waals surface area contributed by atoms with Crippen LogP contribution < -0.4 is 34.0 Å². The van der Waals surface area contributed by atoms with Gasteiger partial charge in [0, 0.05) is 0 Å². The van der Waals surface area contributed by atoms with Gasteiger partial charge in [0.25, 0.3) is 0 Å². The first-order valence-corrected chi connectivity index (χ1v) is 13.5. The van der Waals surface area contributed by atoms with Gasteiger partial charge in [0.15, 0.2) is 0 Å². The summed E-state index contributed by atoms with van der Waals surface area (Å²) in [5, 5.41) is 10.1. The largest absolute Gasteiger partial charge is 1.00 e. The van der Waals surface area contributed by atoms with Crippen LogP contribution in [0.15, 0.2) is 0 Å². The van der Waals surface area contributed by atoms with Crippen LogP contribution in [-0.4, -0.2) is 27.8 Å². The zero-order valence-electron chi connectivity index (χ0n) is 10.1. The summed E-state index contributed by atoms with van der Waals surface area (Å²) >= 11 is -0.0105. The van der Waals surface area contributed by atoms with Gasteiger partial charge in [-0.1, -0.05) is 0 Å². The van der Waals surface area contributed by atoms with Gasteiger partial charge in [-0.25, -0.2) is 0 Å². The number of hydrogen-bond donors (Lipinski definition) is 0. The topological polar surface area (TPSA) is 0 Å². The van der Waals surface area contributed by atoms with Gasteiger partial charge in [-0.05, 0) is 0 Å². The molecule has 0 aromatic rings. The van der Waals surface area contributed by atoms with Crippen molar-refractivity contribution in [2.45, 2.75) is 70.4 Å². The van der Waals surface area contributed by atoms with E-state index in [1.807, 2.05) is 0 Å². The third kappa shape index (κ3) is 6.80. The molecule has 4 heteroatoms. The van der Waals surface area contributed by atoms with E-state index in [2.05, 4.69) is 0 Å². The van der Waals surface area contributed by atoms with E-state index >= 15 is 0 Å². The standard InChI is InChI=1S/C12H24Se2.2BrH/c1-2-8-13(7-1)11-5-6-12-14-9-3-4-10-14;;/h1-12H2;2*1H/q+2;;/p-2. The van der Waals surface area contributed by atoms with Crippen LogP contribution >= 0.6 is 0 Å². The summed E-state index contributed by atoms with van der Waals surface area (Å²) < 4.78 is 0. The summed E-state index contributed by atoms with van der Waals surface area (Å²) in [6.07, 6.45) is 9.57. The smallest absolute Gasteiger partial charge is 1.00 e. The first-order chi connectivity index (χ1) is 6.95. The maximum Gasteiger partial charge on any atom is -1.00 e. The van der Waals surface area contributed by atoms with E-state index in [1.165, 1.54) is 0 Å². The Morgan fingerprint density at radius 2 is 0.875 bits per heavy atom. The fraction of sp³-hybridized carbons (Fsp3) is 1.00. The molecule has 0 aromatic heterocycles. The van der Waals surface area contributed by atoms with Gasteiger partial charge in [-0.15, -0.1) is 0 Å². The summed E-state index contributed by atoms with van der Waals surface area (Å²) in [5.41, 5.74) is 0. The minimum absolute atomic E-state index is 0. The molecule has 0 radical (unpaired) electrons. The quantitative estimate of drug-likeness (QED) is 0.323. The van der Waals surface area contributed by atoms with Gasteiger partial charge < -0.3 is 34.0 Å². The summed E-state index contributed by atoms with van der Waals surface area (Å²) in [6, 6.07) is 0. The van der Waals surface area contributed by atoms with Gasteiger partial charge in [-0.2, -0.15) is 0 Å². The molecule has 0 unspecified atom stereocenters. The monoisotopic (exact) mass is 486 g/mol. The molecule has 0 aliphatic carbocycles. The molecule has 0 spiro atoms. The van der Waals surface area contributed by atoms with Crippen molar-refractivity contribution in [1.29, 1.82) is 0 Å². The Bertz CT molecular complexity index is 137. The van der Waals surface area contributed by atoms with Crippen molar-refractivity contribution in [3.63, 3.8) is 0 Å². The molecular formula is C12H24Br2Se2. The molecular weight excluding hydrogens is 462 g/mol. The molecule has 2 fully saturated rings. The maximum absolute atomic E-state index is 1.69. The molecule has 2 heterocycles. The molecule has 2 rings (SSSR count). The van der Waals surface area contributed by atoms with Gasteiger partial charge in [0.2, 0.25) is 0 Å². The average molecular weight is 486 g/mol. The van der Waals surface area contributed by atoms with Gasteiger partial charge in [0.05, 0.1) is 0 Å². The first kappa shape index (κ1) is 18.0. The first-order valence-electron chi connectivity index (χ1n) is 6.23. The minimum Gasteiger partial charge on any atom is -1.00 e. The molecule has 16 heavy (non-hydrogen) atoms. The van der Waals surface area contributed by atoms with Crippen LogP contribution in [0.2, 0.25) is 31.9 Å². The van der Waals surface area contributed by atoms with Crippen molar-refractivity contribution in [1.82, 2.24) is 0 Å². The molecule has 0 bridgehead atoms. The summed E-state index contributed by atoms with van der Waals surface area (Å²) in [7, 11) is 0. The van der Waals surface area contributed by atoms with Crippen molar-refractivity contribution in [3.05, 3.63) is 0 Å². The van der Waals surface area contributed by atoms with E-state index in [0.717, 1.165) is 0 Å². The van der Waals surface area contributed by atoms with Crippen LogP contribution in [0, 0.1) is 0 Å². The van der Waals surface area contributed by atoms with Gasteiger partial charge >= 0.3 is 98.2 Å². The molecule has 0 saturated carbocycles. The second-order valence-corrected chi connectivity index (χ2v) is 14.8. The second-order valence-electron chi connectivity index (χ2n) is 4.57. The molecule has 2 aliphatic heterocycles.